The molecule has 0 spiro atoms. The van der Waals surface area contributed by atoms with E-state index in [0.717, 1.165) is 13.1 Å². The van der Waals surface area contributed by atoms with Crippen molar-refractivity contribution in [3.8, 4) is 0 Å². The Balaban J connectivity index is 2.28. The molecule has 0 radical (unpaired) electrons. The summed E-state index contributed by atoms with van der Waals surface area (Å²) in [7, 11) is 6.77. The van der Waals surface area contributed by atoms with Crippen LogP contribution in [-0.2, 0) is 0 Å². The summed E-state index contributed by atoms with van der Waals surface area (Å²) in [5.74, 6) is 0. The lowest BCUT2D eigenvalue weighted by atomic mass is 9.75. The Morgan fingerprint density at radius 3 is 2.33 bits per heavy atom. The molecular weight excluding hydrogens is 222 g/mol. The highest BCUT2D eigenvalue weighted by atomic mass is 15.2. The summed E-state index contributed by atoms with van der Waals surface area (Å²) in [6.45, 7) is 8.02. The Kier molecular flexibility index (Phi) is 6.61. The van der Waals surface area contributed by atoms with Gasteiger partial charge in [0.25, 0.3) is 0 Å². The summed E-state index contributed by atoms with van der Waals surface area (Å²) in [6, 6.07) is 0.695. The van der Waals surface area contributed by atoms with Gasteiger partial charge in [-0.1, -0.05) is 6.92 Å². The van der Waals surface area contributed by atoms with Crippen LogP contribution in [0.1, 0.15) is 46.0 Å². The van der Waals surface area contributed by atoms with Crippen LogP contribution >= 0.6 is 0 Å². The van der Waals surface area contributed by atoms with Crippen LogP contribution in [0.15, 0.2) is 0 Å². The second-order valence-electron chi connectivity index (χ2n) is 6.23. The quantitative estimate of drug-likeness (QED) is 0.637. The molecule has 0 aromatic heterocycles. The molecule has 1 aliphatic carbocycles. The molecule has 0 heterocycles. The molecule has 0 bridgehead atoms. The zero-order chi connectivity index (χ0) is 13.6. The van der Waals surface area contributed by atoms with Crippen LogP contribution in [0.3, 0.4) is 0 Å². The van der Waals surface area contributed by atoms with Gasteiger partial charge >= 0.3 is 0 Å². The first-order valence-electron chi connectivity index (χ1n) is 7.60. The van der Waals surface area contributed by atoms with Gasteiger partial charge in [-0.3, -0.25) is 0 Å². The average molecular weight is 255 g/mol. The van der Waals surface area contributed by atoms with E-state index in [9.17, 15) is 0 Å². The standard InChI is InChI=1S/C15H33N3/c1-6-16-12-7-9-14(2)18(5)13-15(17(3)4)10-8-11-15/h14,16H,6-13H2,1-5H3. The van der Waals surface area contributed by atoms with Crippen molar-refractivity contribution in [2.24, 2.45) is 0 Å². The monoisotopic (exact) mass is 255 g/mol. The Morgan fingerprint density at radius 1 is 1.22 bits per heavy atom. The molecule has 0 saturated heterocycles. The summed E-state index contributed by atoms with van der Waals surface area (Å²) in [5.41, 5.74) is 0.463. The van der Waals surface area contributed by atoms with Crippen LogP contribution in [0.5, 0.6) is 0 Å². The third-order valence-corrected chi connectivity index (χ3v) is 4.75. The molecular formula is C15H33N3. The maximum Gasteiger partial charge on any atom is 0.0330 e. The molecule has 1 N–H and O–H groups in total. The number of hydrogen-bond donors (Lipinski definition) is 1. The molecule has 1 unspecified atom stereocenters. The molecule has 1 atom stereocenters. The minimum absolute atomic E-state index is 0.463. The van der Waals surface area contributed by atoms with Crippen LogP contribution in [0.2, 0.25) is 0 Å². The Labute approximate surface area is 114 Å². The lowest BCUT2D eigenvalue weighted by molar-refractivity contribution is 0.0170. The number of rotatable bonds is 9. The molecule has 1 aliphatic rings. The molecule has 1 rings (SSSR count). The van der Waals surface area contributed by atoms with E-state index in [1.54, 1.807) is 0 Å². The minimum atomic E-state index is 0.463. The molecule has 0 aliphatic heterocycles. The fourth-order valence-electron chi connectivity index (χ4n) is 2.87. The van der Waals surface area contributed by atoms with Crippen molar-refractivity contribution in [2.45, 2.75) is 57.5 Å². The van der Waals surface area contributed by atoms with Crippen molar-refractivity contribution in [2.75, 3.05) is 40.8 Å². The highest BCUT2D eigenvalue weighted by Crippen LogP contribution is 2.37. The first-order valence-corrected chi connectivity index (χ1v) is 7.60. The fraction of sp³-hybridized carbons (Fsp3) is 1.00. The second-order valence-corrected chi connectivity index (χ2v) is 6.23. The fourth-order valence-corrected chi connectivity index (χ4v) is 2.87. The van der Waals surface area contributed by atoms with E-state index >= 15 is 0 Å². The van der Waals surface area contributed by atoms with Gasteiger partial charge in [0, 0.05) is 18.1 Å². The van der Waals surface area contributed by atoms with Gasteiger partial charge in [0.1, 0.15) is 0 Å². The predicted octanol–water partition coefficient (Wildman–Crippen LogP) is 2.18. The average Bonchev–Trinajstić information content (AvgIpc) is 2.28. The third kappa shape index (κ3) is 4.22. The summed E-state index contributed by atoms with van der Waals surface area (Å²) >= 11 is 0. The van der Waals surface area contributed by atoms with Crippen LogP contribution < -0.4 is 5.32 Å². The van der Waals surface area contributed by atoms with Crippen LogP contribution in [-0.4, -0.2) is 62.2 Å². The van der Waals surface area contributed by atoms with Crippen molar-refractivity contribution >= 4 is 0 Å². The van der Waals surface area contributed by atoms with Crippen LogP contribution in [0.4, 0.5) is 0 Å². The molecule has 0 amide bonds. The number of nitrogens with one attached hydrogen (secondary N) is 1. The van der Waals surface area contributed by atoms with Crippen molar-refractivity contribution in [1.29, 1.82) is 0 Å². The SMILES string of the molecule is CCNCCCC(C)N(C)CC1(N(C)C)CCC1. The first kappa shape index (κ1) is 15.9. The Bertz CT molecular complexity index is 224. The minimum Gasteiger partial charge on any atom is -0.317 e. The van der Waals surface area contributed by atoms with Gasteiger partial charge in [-0.05, 0) is 73.3 Å². The highest BCUT2D eigenvalue weighted by Gasteiger charge is 2.40. The van der Waals surface area contributed by atoms with Crippen molar-refractivity contribution in [3.63, 3.8) is 0 Å². The van der Waals surface area contributed by atoms with Crippen LogP contribution in [0, 0.1) is 0 Å². The van der Waals surface area contributed by atoms with Gasteiger partial charge in [0.15, 0.2) is 0 Å². The number of hydrogen-bond acceptors (Lipinski definition) is 3. The molecule has 108 valence electrons. The zero-order valence-electron chi connectivity index (χ0n) is 13.1. The smallest absolute Gasteiger partial charge is 0.0330 e. The third-order valence-electron chi connectivity index (χ3n) is 4.75. The lowest BCUT2D eigenvalue weighted by Gasteiger charge is -2.50. The molecule has 0 aromatic carbocycles. The summed E-state index contributed by atoms with van der Waals surface area (Å²) in [5, 5.41) is 3.40. The zero-order valence-corrected chi connectivity index (χ0v) is 13.1. The van der Waals surface area contributed by atoms with Gasteiger partial charge in [-0.2, -0.15) is 0 Å². The molecule has 1 saturated carbocycles. The molecule has 18 heavy (non-hydrogen) atoms. The lowest BCUT2D eigenvalue weighted by Crippen LogP contribution is -2.57. The van der Waals surface area contributed by atoms with Gasteiger partial charge in [-0.15, -0.1) is 0 Å². The van der Waals surface area contributed by atoms with E-state index in [0.29, 0.717) is 11.6 Å². The second kappa shape index (κ2) is 7.46. The van der Waals surface area contributed by atoms with Crippen molar-refractivity contribution < 1.29 is 0 Å². The maximum atomic E-state index is 3.40. The predicted molar refractivity (Wildman–Crippen MR) is 80.1 cm³/mol. The van der Waals surface area contributed by atoms with E-state index in [2.05, 4.69) is 50.1 Å². The van der Waals surface area contributed by atoms with Gasteiger partial charge in [0.2, 0.25) is 0 Å². The van der Waals surface area contributed by atoms with Gasteiger partial charge < -0.3 is 15.1 Å². The van der Waals surface area contributed by atoms with Crippen molar-refractivity contribution in [3.05, 3.63) is 0 Å². The normalized spacial score (nSPS) is 20.2. The molecule has 3 heteroatoms. The van der Waals surface area contributed by atoms with Crippen LogP contribution in [0.25, 0.3) is 0 Å². The van der Waals surface area contributed by atoms with E-state index in [4.69, 9.17) is 0 Å². The van der Waals surface area contributed by atoms with Gasteiger partial charge in [-0.25, -0.2) is 0 Å². The summed E-state index contributed by atoms with van der Waals surface area (Å²) in [4.78, 5) is 5.00. The van der Waals surface area contributed by atoms with E-state index in [1.807, 2.05) is 0 Å². The number of nitrogens with zero attached hydrogens (tertiary/aromatic N) is 2. The molecule has 0 aromatic rings. The Hall–Kier alpha value is -0.120. The van der Waals surface area contributed by atoms with Gasteiger partial charge in [0.05, 0.1) is 0 Å². The van der Waals surface area contributed by atoms with E-state index < -0.39 is 0 Å². The Morgan fingerprint density at radius 2 is 1.89 bits per heavy atom. The largest absolute Gasteiger partial charge is 0.317 e. The van der Waals surface area contributed by atoms with Crippen molar-refractivity contribution in [1.82, 2.24) is 15.1 Å². The number of likely N-dealkylation sites (N-methyl/N-ethyl adjacent to an activating group) is 2. The summed E-state index contributed by atoms with van der Waals surface area (Å²) in [6.07, 6.45) is 6.73. The molecule has 3 nitrogen and oxygen atoms in total. The first-order chi connectivity index (χ1) is 8.52. The topological polar surface area (TPSA) is 18.5 Å². The van der Waals surface area contributed by atoms with E-state index in [1.165, 1.54) is 38.6 Å². The highest BCUT2D eigenvalue weighted by molar-refractivity contribution is 4.98. The maximum absolute atomic E-state index is 3.40. The molecule has 1 fully saturated rings. The summed E-state index contributed by atoms with van der Waals surface area (Å²) < 4.78 is 0. The van der Waals surface area contributed by atoms with E-state index in [-0.39, 0.29) is 0 Å².